The van der Waals surface area contributed by atoms with E-state index in [0.717, 1.165) is 22.3 Å². The second-order valence-corrected chi connectivity index (χ2v) is 9.94. The van der Waals surface area contributed by atoms with Gasteiger partial charge in [0.1, 0.15) is 17.4 Å². The Morgan fingerprint density at radius 3 is 2.41 bits per heavy atom. The molecule has 1 aliphatic heterocycles. The molecule has 2 N–H and O–H groups in total. The van der Waals surface area contributed by atoms with Crippen molar-refractivity contribution >= 4 is 23.4 Å². The van der Waals surface area contributed by atoms with Gasteiger partial charge in [-0.2, -0.15) is 0 Å². The molecule has 3 aromatic carbocycles. The van der Waals surface area contributed by atoms with Gasteiger partial charge in [-0.1, -0.05) is 60.1 Å². The Morgan fingerprint density at radius 1 is 1.05 bits per heavy atom. The van der Waals surface area contributed by atoms with E-state index in [2.05, 4.69) is 0 Å². The van der Waals surface area contributed by atoms with Gasteiger partial charge < -0.3 is 10.5 Å². The lowest BCUT2D eigenvalue weighted by atomic mass is 10.0. The van der Waals surface area contributed by atoms with Gasteiger partial charge in [0, 0.05) is 22.9 Å². The Labute approximate surface area is 220 Å². The van der Waals surface area contributed by atoms with Crippen LogP contribution in [0, 0.1) is 11.6 Å². The van der Waals surface area contributed by atoms with Crippen LogP contribution in [-0.4, -0.2) is 22.0 Å². The Morgan fingerprint density at radius 2 is 1.73 bits per heavy atom. The molecule has 0 aliphatic carbocycles. The highest BCUT2D eigenvalue weighted by Crippen LogP contribution is 2.44. The summed E-state index contributed by atoms with van der Waals surface area (Å²) in [6.45, 7) is -0.145. The Bertz CT molecular complexity index is 1590. The Kier molecular flexibility index (Phi) is 6.94. The maximum absolute atomic E-state index is 14.8. The molecule has 37 heavy (non-hydrogen) atoms. The molecule has 10 heteroatoms. The summed E-state index contributed by atoms with van der Waals surface area (Å²) in [6.07, 6.45) is 0. The van der Waals surface area contributed by atoms with Crippen molar-refractivity contribution in [3.63, 3.8) is 0 Å². The summed E-state index contributed by atoms with van der Waals surface area (Å²) in [5, 5.41) is 0.464. The number of methoxy groups -OCH3 is 1. The lowest BCUT2D eigenvalue weighted by Gasteiger charge is -2.21. The predicted molar refractivity (Wildman–Crippen MR) is 141 cm³/mol. The molecule has 0 amide bonds. The van der Waals surface area contributed by atoms with Crippen LogP contribution in [0.1, 0.15) is 23.2 Å². The summed E-state index contributed by atoms with van der Waals surface area (Å²) in [4.78, 5) is 27.7. The number of rotatable bonds is 6. The summed E-state index contributed by atoms with van der Waals surface area (Å²) in [5.41, 5.74) is 6.07. The van der Waals surface area contributed by atoms with E-state index in [-0.39, 0.29) is 33.5 Å². The Balaban J connectivity index is 1.78. The minimum atomic E-state index is -0.975. The average Bonchev–Trinajstić information content (AvgIpc) is 3.32. The molecule has 2 heterocycles. The lowest BCUT2D eigenvalue weighted by Crippen LogP contribution is -2.44. The first kappa shape index (κ1) is 25.3. The average molecular weight is 542 g/mol. The second kappa shape index (κ2) is 10.2. The van der Waals surface area contributed by atoms with E-state index < -0.39 is 35.0 Å². The molecule has 1 aromatic heterocycles. The molecule has 0 bridgehead atoms. The molecule has 0 radical (unpaired) electrons. The van der Waals surface area contributed by atoms with E-state index in [1.165, 1.54) is 29.5 Å². The summed E-state index contributed by atoms with van der Waals surface area (Å²) in [5.74, 6) is -1.05. The normalized spacial score (nSPS) is 15.4. The highest BCUT2D eigenvalue weighted by molar-refractivity contribution is 7.99. The minimum Gasteiger partial charge on any atom is -0.495 e. The van der Waals surface area contributed by atoms with Gasteiger partial charge in [0.15, 0.2) is 0 Å². The number of fused-ring (bicyclic) bond motifs is 1. The SMILES string of the molecule is COc1cccc(-c2c3n(c(=O)n(CC(N)c4ccccc4)c2=O)C(c2c(F)cccc2F)CS3)c1Cl. The van der Waals surface area contributed by atoms with Crippen molar-refractivity contribution in [1.29, 1.82) is 0 Å². The summed E-state index contributed by atoms with van der Waals surface area (Å²) in [7, 11) is 1.45. The molecule has 6 nitrogen and oxygen atoms in total. The molecule has 2 atom stereocenters. The number of nitrogens with zero attached hydrogens (tertiary/aromatic N) is 2. The number of thioether (sulfide) groups is 1. The van der Waals surface area contributed by atoms with Crippen LogP contribution in [0.4, 0.5) is 8.78 Å². The van der Waals surface area contributed by atoms with Gasteiger partial charge in [-0.25, -0.2) is 13.6 Å². The molecule has 0 saturated carbocycles. The number of aromatic nitrogens is 2. The van der Waals surface area contributed by atoms with Crippen LogP contribution in [0.3, 0.4) is 0 Å². The fourth-order valence-corrected chi connectivity index (χ4v) is 6.21. The standard InChI is InChI=1S/C27H22ClF2N3O3S/c1-36-21-12-5-9-16(24(21)28)22-25(34)32(13-19(31)15-7-3-2-4-8-15)27(35)33-20(14-37-26(22)33)23-17(29)10-6-11-18(23)30/h2-12,19-20H,13-14,31H2,1H3. The van der Waals surface area contributed by atoms with Crippen LogP contribution >= 0.6 is 23.4 Å². The highest BCUT2D eigenvalue weighted by Gasteiger charge is 2.35. The number of hydrogen-bond donors (Lipinski definition) is 1. The summed E-state index contributed by atoms with van der Waals surface area (Å²) in [6, 6.07) is 15.9. The third-order valence-electron chi connectivity index (χ3n) is 6.41. The maximum atomic E-state index is 14.8. The van der Waals surface area contributed by atoms with Crippen LogP contribution in [0.15, 0.2) is 81.3 Å². The van der Waals surface area contributed by atoms with Crippen molar-refractivity contribution in [1.82, 2.24) is 9.13 Å². The number of benzene rings is 3. The highest BCUT2D eigenvalue weighted by atomic mass is 35.5. The van der Waals surface area contributed by atoms with Gasteiger partial charge in [0.25, 0.3) is 5.56 Å². The van der Waals surface area contributed by atoms with E-state index >= 15 is 0 Å². The fourth-order valence-electron chi connectivity index (χ4n) is 4.60. The van der Waals surface area contributed by atoms with Gasteiger partial charge in [0.2, 0.25) is 0 Å². The molecule has 0 fully saturated rings. The largest absolute Gasteiger partial charge is 0.495 e. The predicted octanol–water partition coefficient (Wildman–Crippen LogP) is 5.01. The molecular weight excluding hydrogens is 520 g/mol. The zero-order valence-corrected chi connectivity index (χ0v) is 21.2. The monoisotopic (exact) mass is 541 g/mol. The quantitative estimate of drug-likeness (QED) is 0.347. The molecule has 4 aromatic rings. The number of nitrogens with two attached hydrogens (primary N) is 1. The molecule has 190 valence electrons. The van der Waals surface area contributed by atoms with Gasteiger partial charge in [-0.15, -0.1) is 11.8 Å². The lowest BCUT2D eigenvalue weighted by molar-refractivity contribution is 0.415. The first-order valence-corrected chi connectivity index (χ1v) is 12.8. The molecule has 2 unspecified atom stereocenters. The second-order valence-electron chi connectivity index (χ2n) is 8.55. The first-order valence-electron chi connectivity index (χ1n) is 11.4. The van der Waals surface area contributed by atoms with E-state index in [1.54, 1.807) is 30.3 Å². The van der Waals surface area contributed by atoms with E-state index in [0.29, 0.717) is 11.3 Å². The smallest absolute Gasteiger partial charge is 0.332 e. The molecule has 0 spiro atoms. The number of halogens is 3. The van der Waals surface area contributed by atoms with Crippen LogP contribution in [-0.2, 0) is 6.54 Å². The van der Waals surface area contributed by atoms with Crippen LogP contribution in [0.5, 0.6) is 5.75 Å². The van der Waals surface area contributed by atoms with E-state index in [1.807, 2.05) is 18.2 Å². The molecular formula is C27H22ClF2N3O3S. The molecule has 1 aliphatic rings. The van der Waals surface area contributed by atoms with Crippen LogP contribution < -0.4 is 21.7 Å². The fraction of sp³-hybridized carbons (Fsp3) is 0.185. The van der Waals surface area contributed by atoms with Crippen molar-refractivity contribution in [3.05, 3.63) is 115 Å². The van der Waals surface area contributed by atoms with Crippen LogP contribution in [0.25, 0.3) is 11.1 Å². The zero-order valence-electron chi connectivity index (χ0n) is 19.7. The third-order valence-corrected chi connectivity index (χ3v) is 7.96. The van der Waals surface area contributed by atoms with Gasteiger partial charge in [0.05, 0.1) is 35.3 Å². The zero-order chi connectivity index (χ0) is 26.3. The minimum absolute atomic E-state index is 0.145. The van der Waals surface area contributed by atoms with Crippen molar-refractivity contribution in [3.8, 4) is 16.9 Å². The summed E-state index contributed by atoms with van der Waals surface area (Å²) >= 11 is 7.77. The molecule has 0 saturated heterocycles. The number of hydrogen-bond acceptors (Lipinski definition) is 5. The van der Waals surface area contributed by atoms with Gasteiger partial charge in [-0.3, -0.25) is 13.9 Å². The third kappa shape index (κ3) is 4.37. The van der Waals surface area contributed by atoms with E-state index in [9.17, 15) is 18.4 Å². The summed E-state index contributed by atoms with van der Waals surface area (Å²) < 4.78 is 37.3. The van der Waals surface area contributed by atoms with Crippen molar-refractivity contribution in [2.75, 3.05) is 12.9 Å². The van der Waals surface area contributed by atoms with Gasteiger partial charge in [-0.05, 0) is 23.8 Å². The van der Waals surface area contributed by atoms with Crippen molar-refractivity contribution in [2.45, 2.75) is 23.7 Å². The topological polar surface area (TPSA) is 79.2 Å². The number of ether oxygens (including phenoxy) is 1. The maximum Gasteiger partial charge on any atom is 0.332 e. The Hall–Kier alpha value is -3.40. The van der Waals surface area contributed by atoms with Crippen molar-refractivity contribution in [2.24, 2.45) is 5.73 Å². The molecule has 5 rings (SSSR count). The van der Waals surface area contributed by atoms with Crippen LogP contribution in [0.2, 0.25) is 5.02 Å². The van der Waals surface area contributed by atoms with E-state index in [4.69, 9.17) is 22.1 Å². The first-order chi connectivity index (χ1) is 17.8. The van der Waals surface area contributed by atoms with Crippen molar-refractivity contribution < 1.29 is 13.5 Å². The van der Waals surface area contributed by atoms with Gasteiger partial charge >= 0.3 is 5.69 Å².